The van der Waals surface area contributed by atoms with Crippen LogP contribution in [-0.2, 0) is 16.6 Å². The molecule has 3 rings (SSSR count). The number of sulfonamides is 1. The maximum Gasteiger partial charge on any atom is 0.246 e. The van der Waals surface area contributed by atoms with Crippen molar-refractivity contribution in [2.24, 2.45) is 5.92 Å². The van der Waals surface area contributed by atoms with Gasteiger partial charge in [-0.15, -0.1) is 11.8 Å². The molecule has 2 aromatic carbocycles. The van der Waals surface area contributed by atoms with Crippen molar-refractivity contribution < 1.29 is 17.2 Å². The lowest BCUT2D eigenvalue weighted by atomic mass is 9.97. The maximum atomic E-state index is 13.8. The Balaban J connectivity index is 1.53. The summed E-state index contributed by atoms with van der Waals surface area (Å²) in [6.45, 7) is 2.79. The highest BCUT2D eigenvalue weighted by Crippen LogP contribution is 2.25. The predicted molar refractivity (Wildman–Crippen MR) is 108 cm³/mol. The Morgan fingerprint density at radius 2 is 1.71 bits per heavy atom. The summed E-state index contributed by atoms with van der Waals surface area (Å²) < 4.78 is 54.5. The van der Waals surface area contributed by atoms with Gasteiger partial charge >= 0.3 is 0 Å². The quantitative estimate of drug-likeness (QED) is 0.683. The van der Waals surface area contributed by atoms with Gasteiger partial charge in [0.15, 0.2) is 4.90 Å². The first kappa shape index (κ1) is 21.2. The van der Waals surface area contributed by atoms with Crippen molar-refractivity contribution in [2.45, 2.75) is 29.2 Å². The van der Waals surface area contributed by atoms with E-state index in [0.717, 1.165) is 50.7 Å². The summed E-state index contributed by atoms with van der Waals surface area (Å²) in [4.78, 5) is 2.72. The summed E-state index contributed by atoms with van der Waals surface area (Å²) >= 11 is 1.73. The fourth-order valence-corrected chi connectivity index (χ4v) is 5.32. The van der Waals surface area contributed by atoms with Crippen molar-refractivity contribution in [3.63, 3.8) is 0 Å². The number of benzene rings is 2. The Bertz CT molecular complexity index is 894. The second kappa shape index (κ2) is 9.35. The van der Waals surface area contributed by atoms with Gasteiger partial charge in [-0.1, -0.05) is 24.3 Å². The lowest BCUT2D eigenvalue weighted by Gasteiger charge is -2.32. The average Bonchev–Trinajstić information content (AvgIpc) is 2.67. The molecule has 1 aliphatic rings. The van der Waals surface area contributed by atoms with Gasteiger partial charge in [0, 0.05) is 18.0 Å². The fourth-order valence-electron chi connectivity index (χ4n) is 3.46. The highest BCUT2D eigenvalue weighted by molar-refractivity contribution is 7.98. The molecule has 2 aromatic rings. The molecule has 28 heavy (non-hydrogen) atoms. The third-order valence-corrected chi connectivity index (χ3v) is 7.36. The van der Waals surface area contributed by atoms with Crippen molar-refractivity contribution in [1.82, 2.24) is 9.62 Å². The zero-order chi connectivity index (χ0) is 20.1. The molecule has 152 valence electrons. The molecule has 1 saturated heterocycles. The van der Waals surface area contributed by atoms with Crippen LogP contribution < -0.4 is 4.72 Å². The van der Waals surface area contributed by atoms with Crippen molar-refractivity contribution in [3.8, 4) is 0 Å². The van der Waals surface area contributed by atoms with Crippen LogP contribution in [0.15, 0.2) is 52.3 Å². The number of nitrogens with one attached hydrogen (secondary N) is 1. The molecule has 0 unspecified atom stereocenters. The van der Waals surface area contributed by atoms with Gasteiger partial charge < -0.3 is 0 Å². The topological polar surface area (TPSA) is 49.4 Å². The van der Waals surface area contributed by atoms with Gasteiger partial charge in [-0.25, -0.2) is 21.9 Å². The normalized spacial score (nSPS) is 16.4. The number of thioether (sulfide) groups is 1. The molecule has 1 aliphatic heterocycles. The zero-order valence-corrected chi connectivity index (χ0v) is 17.3. The summed E-state index contributed by atoms with van der Waals surface area (Å²) in [6.07, 6.45) is 3.74. The zero-order valence-electron chi connectivity index (χ0n) is 15.7. The van der Waals surface area contributed by atoms with Crippen LogP contribution in [0.5, 0.6) is 0 Å². The van der Waals surface area contributed by atoms with Gasteiger partial charge in [-0.05, 0) is 61.9 Å². The van der Waals surface area contributed by atoms with E-state index in [1.165, 1.54) is 10.5 Å². The minimum atomic E-state index is -4.21. The Morgan fingerprint density at radius 1 is 1.07 bits per heavy atom. The highest BCUT2D eigenvalue weighted by Gasteiger charge is 2.26. The SMILES string of the molecule is CSc1ccccc1CN1CCC(CNS(=O)(=O)c2c(F)cccc2F)CC1. The van der Waals surface area contributed by atoms with Crippen molar-refractivity contribution in [2.75, 3.05) is 25.9 Å². The fraction of sp³-hybridized carbons (Fsp3) is 0.400. The van der Waals surface area contributed by atoms with Crippen LogP contribution >= 0.6 is 11.8 Å². The van der Waals surface area contributed by atoms with E-state index < -0.39 is 26.6 Å². The second-order valence-corrected chi connectivity index (χ2v) is 9.49. The minimum absolute atomic E-state index is 0.150. The number of rotatable bonds is 7. The van der Waals surface area contributed by atoms with Crippen LogP contribution in [0.25, 0.3) is 0 Å². The molecule has 1 fully saturated rings. The molecule has 0 saturated carbocycles. The molecule has 0 aromatic heterocycles. The summed E-state index contributed by atoms with van der Waals surface area (Å²) in [5, 5.41) is 0. The molecule has 4 nitrogen and oxygen atoms in total. The van der Waals surface area contributed by atoms with Crippen LogP contribution in [-0.4, -0.2) is 39.2 Å². The molecule has 8 heteroatoms. The number of nitrogens with zero attached hydrogens (tertiary/aromatic N) is 1. The number of hydrogen-bond acceptors (Lipinski definition) is 4. The third-order valence-electron chi connectivity index (χ3n) is 5.04. The monoisotopic (exact) mass is 426 g/mol. The molecule has 0 spiro atoms. The molecule has 1 N–H and O–H groups in total. The lowest BCUT2D eigenvalue weighted by Crippen LogP contribution is -2.38. The minimum Gasteiger partial charge on any atom is -0.299 e. The van der Waals surface area contributed by atoms with Crippen LogP contribution in [0.2, 0.25) is 0 Å². The van der Waals surface area contributed by atoms with Crippen LogP contribution in [0.3, 0.4) is 0 Å². The van der Waals surface area contributed by atoms with E-state index in [-0.39, 0.29) is 12.5 Å². The van der Waals surface area contributed by atoms with Gasteiger partial charge in [0.25, 0.3) is 0 Å². The molecule has 0 amide bonds. The standard InChI is InChI=1S/C20H24F2N2O2S2/c1-27-19-8-3-2-5-16(19)14-24-11-9-15(10-12-24)13-23-28(25,26)20-17(21)6-4-7-18(20)22/h2-8,15,23H,9-14H2,1H3. The van der Waals surface area contributed by atoms with Gasteiger partial charge in [0.1, 0.15) is 11.6 Å². The van der Waals surface area contributed by atoms with E-state index in [9.17, 15) is 17.2 Å². The molecule has 0 radical (unpaired) electrons. The first-order chi connectivity index (χ1) is 13.4. The molecular weight excluding hydrogens is 402 g/mol. The van der Waals surface area contributed by atoms with Gasteiger partial charge in [0.05, 0.1) is 0 Å². The van der Waals surface area contributed by atoms with Crippen molar-refractivity contribution >= 4 is 21.8 Å². The molecule has 0 bridgehead atoms. The van der Waals surface area contributed by atoms with Crippen molar-refractivity contribution in [3.05, 3.63) is 59.7 Å². The number of piperidine rings is 1. The third kappa shape index (κ3) is 5.11. The Hall–Kier alpha value is -1.48. The summed E-state index contributed by atoms with van der Waals surface area (Å²) in [5.41, 5.74) is 1.30. The smallest absolute Gasteiger partial charge is 0.246 e. The summed E-state index contributed by atoms with van der Waals surface area (Å²) in [5.74, 6) is -2.00. The van der Waals surface area contributed by atoms with E-state index >= 15 is 0 Å². The van der Waals surface area contributed by atoms with E-state index in [1.54, 1.807) is 11.8 Å². The molecule has 0 atom stereocenters. The molecule has 1 heterocycles. The molecule has 0 aliphatic carbocycles. The average molecular weight is 427 g/mol. The van der Waals surface area contributed by atoms with Crippen LogP contribution in [0.4, 0.5) is 8.78 Å². The van der Waals surface area contributed by atoms with Crippen LogP contribution in [0.1, 0.15) is 18.4 Å². The summed E-state index contributed by atoms with van der Waals surface area (Å²) in [7, 11) is -4.21. The predicted octanol–water partition coefficient (Wildman–Crippen LogP) is 3.88. The van der Waals surface area contributed by atoms with E-state index in [0.29, 0.717) is 0 Å². The van der Waals surface area contributed by atoms with E-state index in [4.69, 9.17) is 0 Å². The first-order valence-corrected chi connectivity index (χ1v) is 11.9. The van der Waals surface area contributed by atoms with Gasteiger partial charge in [-0.2, -0.15) is 0 Å². The highest BCUT2D eigenvalue weighted by atomic mass is 32.2. The Kier molecular flexibility index (Phi) is 7.09. The Labute approximate surface area is 169 Å². The van der Waals surface area contributed by atoms with Crippen molar-refractivity contribution in [1.29, 1.82) is 0 Å². The van der Waals surface area contributed by atoms with Gasteiger partial charge in [-0.3, -0.25) is 4.90 Å². The first-order valence-electron chi connectivity index (χ1n) is 9.18. The lowest BCUT2D eigenvalue weighted by molar-refractivity contribution is 0.177. The maximum absolute atomic E-state index is 13.8. The largest absolute Gasteiger partial charge is 0.299 e. The number of hydrogen-bond donors (Lipinski definition) is 1. The number of halogens is 2. The van der Waals surface area contributed by atoms with E-state index in [2.05, 4.69) is 28.0 Å². The Morgan fingerprint density at radius 3 is 2.36 bits per heavy atom. The number of likely N-dealkylation sites (tertiary alicyclic amines) is 1. The van der Waals surface area contributed by atoms with Crippen LogP contribution in [0, 0.1) is 17.6 Å². The summed E-state index contributed by atoms with van der Waals surface area (Å²) in [6, 6.07) is 11.4. The van der Waals surface area contributed by atoms with Gasteiger partial charge in [0.2, 0.25) is 10.0 Å². The second-order valence-electron chi connectivity index (χ2n) is 6.93. The molecular formula is C20H24F2N2O2S2. The van der Waals surface area contributed by atoms with E-state index in [1.807, 2.05) is 12.1 Å².